The zero-order chi connectivity index (χ0) is 14.5. The largest absolute Gasteiger partial charge is 0.320 e. The Morgan fingerprint density at radius 2 is 1.79 bits per heavy atom. The lowest BCUT2D eigenvalue weighted by atomic mass is 9.94. The number of piperidine rings is 1. The molecule has 0 saturated carbocycles. The summed E-state index contributed by atoms with van der Waals surface area (Å²) in [5, 5.41) is 3.16. The van der Waals surface area contributed by atoms with E-state index in [0.717, 1.165) is 32.2 Å². The minimum absolute atomic E-state index is 0.0815. The number of sulfonamides is 1. The smallest absolute Gasteiger partial charge is 0.214 e. The van der Waals surface area contributed by atoms with Crippen molar-refractivity contribution in [1.29, 1.82) is 0 Å². The van der Waals surface area contributed by atoms with Gasteiger partial charge in [-0.1, -0.05) is 20.8 Å². The number of hydrogen-bond acceptors (Lipinski definition) is 3. The van der Waals surface area contributed by atoms with E-state index in [2.05, 4.69) is 26.1 Å². The molecule has 1 fully saturated rings. The van der Waals surface area contributed by atoms with Gasteiger partial charge in [0.1, 0.15) is 0 Å². The van der Waals surface area contributed by atoms with E-state index in [-0.39, 0.29) is 11.2 Å². The van der Waals surface area contributed by atoms with Gasteiger partial charge in [-0.15, -0.1) is 0 Å². The van der Waals surface area contributed by atoms with Gasteiger partial charge in [-0.05, 0) is 50.6 Å². The molecule has 0 spiro atoms. The lowest BCUT2D eigenvalue weighted by Crippen LogP contribution is -2.40. The molecule has 4 nitrogen and oxygen atoms in total. The number of nitrogens with one attached hydrogen (secondary N) is 1. The predicted molar refractivity (Wildman–Crippen MR) is 80.7 cm³/mol. The van der Waals surface area contributed by atoms with Gasteiger partial charge in [0.2, 0.25) is 10.0 Å². The van der Waals surface area contributed by atoms with E-state index in [1.54, 1.807) is 4.31 Å². The van der Waals surface area contributed by atoms with Crippen molar-refractivity contribution in [2.75, 3.05) is 32.4 Å². The molecule has 1 saturated heterocycles. The average molecular weight is 290 g/mol. The van der Waals surface area contributed by atoms with Crippen LogP contribution in [-0.4, -0.2) is 45.2 Å². The first-order valence-corrected chi connectivity index (χ1v) is 8.98. The van der Waals surface area contributed by atoms with Crippen LogP contribution in [0.1, 0.15) is 46.5 Å². The summed E-state index contributed by atoms with van der Waals surface area (Å²) in [4.78, 5) is 0. The molecule has 19 heavy (non-hydrogen) atoms. The quantitative estimate of drug-likeness (QED) is 0.815. The molecule has 0 aromatic rings. The van der Waals surface area contributed by atoms with E-state index >= 15 is 0 Å². The Morgan fingerprint density at radius 3 is 2.26 bits per heavy atom. The molecule has 0 unspecified atom stereocenters. The molecule has 5 heteroatoms. The summed E-state index contributed by atoms with van der Waals surface area (Å²) in [5.74, 6) is 0.971. The zero-order valence-corrected chi connectivity index (χ0v) is 13.7. The number of hydrogen-bond donors (Lipinski definition) is 1. The van der Waals surface area contributed by atoms with Gasteiger partial charge >= 0.3 is 0 Å². The van der Waals surface area contributed by atoms with Crippen molar-refractivity contribution in [2.24, 2.45) is 11.3 Å². The van der Waals surface area contributed by atoms with Crippen LogP contribution in [0.2, 0.25) is 0 Å². The van der Waals surface area contributed by atoms with Gasteiger partial charge in [0.05, 0.1) is 5.75 Å². The van der Waals surface area contributed by atoms with Gasteiger partial charge in [-0.2, -0.15) is 0 Å². The summed E-state index contributed by atoms with van der Waals surface area (Å²) < 4.78 is 26.2. The second kappa shape index (κ2) is 7.04. The van der Waals surface area contributed by atoms with Crippen molar-refractivity contribution in [3.8, 4) is 0 Å². The van der Waals surface area contributed by atoms with E-state index in [0.29, 0.717) is 19.0 Å². The Kier molecular flexibility index (Phi) is 6.27. The summed E-state index contributed by atoms with van der Waals surface area (Å²) in [6, 6.07) is 0. The van der Waals surface area contributed by atoms with E-state index in [1.165, 1.54) is 0 Å². The van der Waals surface area contributed by atoms with Crippen LogP contribution in [0.4, 0.5) is 0 Å². The highest BCUT2D eigenvalue weighted by molar-refractivity contribution is 7.89. The highest BCUT2D eigenvalue weighted by atomic mass is 32.2. The van der Waals surface area contributed by atoms with E-state index in [9.17, 15) is 8.42 Å². The maximum atomic E-state index is 12.3. The molecule has 1 aliphatic rings. The Labute approximate surface area is 119 Å². The van der Waals surface area contributed by atoms with E-state index in [1.807, 2.05) is 7.05 Å². The van der Waals surface area contributed by atoms with Crippen LogP contribution in [0.5, 0.6) is 0 Å². The molecule has 1 rings (SSSR count). The van der Waals surface area contributed by atoms with Crippen LogP contribution in [0.3, 0.4) is 0 Å². The van der Waals surface area contributed by atoms with Gasteiger partial charge < -0.3 is 5.32 Å². The van der Waals surface area contributed by atoms with E-state index in [4.69, 9.17) is 0 Å². The van der Waals surface area contributed by atoms with Crippen molar-refractivity contribution in [1.82, 2.24) is 9.62 Å². The molecule has 0 amide bonds. The summed E-state index contributed by atoms with van der Waals surface area (Å²) in [6.07, 6.45) is 3.91. The van der Waals surface area contributed by atoms with Crippen molar-refractivity contribution < 1.29 is 8.42 Å². The van der Waals surface area contributed by atoms with Crippen molar-refractivity contribution in [3.05, 3.63) is 0 Å². The maximum Gasteiger partial charge on any atom is 0.214 e. The zero-order valence-electron chi connectivity index (χ0n) is 12.9. The molecule has 0 aromatic carbocycles. The molecular weight excluding hydrogens is 260 g/mol. The summed E-state index contributed by atoms with van der Waals surface area (Å²) in [7, 11) is -1.08. The second-order valence-corrected chi connectivity index (χ2v) is 8.95. The first kappa shape index (κ1) is 16.9. The van der Waals surface area contributed by atoms with Gasteiger partial charge in [-0.3, -0.25) is 0 Å². The normalized spacial score (nSPS) is 19.8. The summed E-state index contributed by atoms with van der Waals surface area (Å²) >= 11 is 0. The summed E-state index contributed by atoms with van der Waals surface area (Å²) in [6.45, 7) is 8.72. The molecule has 114 valence electrons. The minimum atomic E-state index is -3.04. The Hall–Kier alpha value is -0.130. The molecule has 0 radical (unpaired) electrons. The van der Waals surface area contributed by atoms with Gasteiger partial charge in [0.15, 0.2) is 0 Å². The van der Waals surface area contributed by atoms with Crippen molar-refractivity contribution >= 4 is 10.0 Å². The monoisotopic (exact) mass is 290 g/mol. The Morgan fingerprint density at radius 1 is 1.21 bits per heavy atom. The Bertz CT molecular complexity index is 352. The van der Waals surface area contributed by atoms with Crippen molar-refractivity contribution in [2.45, 2.75) is 46.5 Å². The Balaban J connectivity index is 2.41. The average Bonchev–Trinajstić information content (AvgIpc) is 2.34. The lowest BCUT2D eigenvalue weighted by Gasteiger charge is -2.32. The minimum Gasteiger partial charge on any atom is -0.320 e. The van der Waals surface area contributed by atoms with Crippen LogP contribution in [-0.2, 0) is 10.0 Å². The van der Waals surface area contributed by atoms with Gasteiger partial charge in [0, 0.05) is 13.1 Å². The fourth-order valence-electron chi connectivity index (χ4n) is 2.39. The molecule has 1 N–H and O–H groups in total. The molecule has 0 aromatic heterocycles. The molecule has 0 aliphatic carbocycles. The van der Waals surface area contributed by atoms with Crippen LogP contribution >= 0.6 is 0 Å². The first-order valence-electron chi connectivity index (χ1n) is 7.37. The third kappa shape index (κ3) is 6.23. The predicted octanol–water partition coefficient (Wildman–Crippen LogP) is 2.07. The highest BCUT2D eigenvalue weighted by Gasteiger charge is 2.28. The third-order valence-electron chi connectivity index (χ3n) is 3.88. The summed E-state index contributed by atoms with van der Waals surface area (Å²) in [5.41, 5.74) is 0.0815. The maximum absolute atomic E-state index is 12.3. The van der Waals surface area contributed by atoms with Crippen LogP contribution in [0.25, 0.3) is 0 Å². The second-order valence-electron chi connectivity index (χ2n) is 6.86. The molecule has 0 bridgehead atoms. The van der Waals surface area contributed by atoms with Crippen LogP contribution < -0.4 is 5.32 Å². The fraction of sp³-hybridized carbons (Fsp3) is 1.00. The van der Waals surface area contributed by atoms with Crippen LogP contribution in [0.15, 0.2) is 0 Å². The lowest BCUT2D eigenvalue weighted by molar-refractivity contribution is 0.261. The SMILES string of the molecule is CNCCC1CCN(S(=O)(=O)CCC(C)(C)C)CC1. The highest BCUT2D eigenvalue weighted by Crippen LogP contribution is 2.25. The first-order chi connectivity index (χ1) is 8.74. The number of nitrogens with zero attached hydrogens (tertiary/aromatic N) is 1. The molecule has 0 atom stereocenters. The molecule has 1 aliphatic heterocycles. The van der Waals surface area contributed by atoms with E-state index < -0.39 is 10.0 Å². The fourth-order valence-corrected chi connectivity index (χ4v) is 4.28. The molecule has 1 heterocycles. The van der Waals surface area contributed by atoms with Gasteiger partial charge in [-0.25, -0.2) is 12.7 Å². The standard InChI is InChI=1S/C14H30N2O2S/c1-14(2,3)8-12-19(17,18)16-10-6-13(7-11-16)5-9-15-4/h13,15H,5-12H2,1-4H3. The van der Waals surface area contributed by atoms with Crippen LogP contribution in [0, 0.1) is 11.3 Å². The third-order valence-corrected chi connectivity index (χ3v) is 5.75. The van der Waals surface area contributed by atoms with Gasteiger partial charge in [0.25, 0.3) is 0 Å². The van der Waals surface area contributed by atoms with Crippen molar-refractivity contribution in [3.63, 3.8) is 0 Å². The number of rotatable bonds is 6. The molecular formula is C14H30N2O2S. The topological polar surface area (TPSA) is 49.4 Å².